The number of carbonyl (C=O) groups is 3. The van der Waals surface area contributed by atoms with Gasteiger partial charge in [-0.1, -0.05) is 6.42 Å². The molecule has 26 heavy (non-hydrogen) atoms. The summed E-state index contributed by atoms with van der Waals surface area (Å²) in [6.07, 6.45) is 7.33. The van der Waals surface area contributed by atoms with Crippen LogP contribution in [0.2, 0.25) is 0 Å². The van der Waals surface area contributed by atoms with Gasteiger partial charge in [0.05, 0.1) is 6.10 Å². The Morgan fingerprint density at radius 1 is 1.35 bits per heavy atom. The molecule has 2 aliphatic rings. The summed E-state index contributed by atoms with van der Waals surface area (Å²) in [5.41, 5.74) is 1.69. The Kier molecular flexibility index (Phi) is 5.91. The van der Waals surface area contributed by atoms with Gasteiger partial charge in [0.25, 0.3) is 5.91 Å². The zero-order valence-electron chi connectivity index (χ0n) is 15.2. The van der Waals surface area contributed by atoms with E-state index in [-0.39, 0.29) is 30.4 Å². The first-order valence-corrected chi connectivity index (χ1v) is 9.42. The number of amides is 3. The topological polar surface area (TPSA) is 75.7 Å². The molecule has 3 amide bonds. The summed E-state index contributed by atoms with van der Waals surface area (Å²) in [6, 6.07) is 5.64. The summed E-state index contributed by atoms with van der Waals surface area (Å²) in [5, 5.41) is 2.13. The van der Waals surface area contributed by atoms with E-state index in [0.717, 1.165) is 24.2 Å². The minimum Gasteiger partial charge on any atom is -0.490 e. The van der Waals surface area contributed by atoms with Gasteiger partial charge < -0.3 is 9.64 Å². The van der Waals surface area contributed by atoms with Crippen LogP contribution in [0.5, 0.6) is 5.75 Å². The first-order valence-electron chi connectivity index (χ1n) is 9.42. The lowest BCUT2D eigenvalue weighted by Crippen LogP contribution is -2.34. The summed E-state index contributed by atoms with van der Waals surface area (Å²) >= 11 is 0. The molecule has 1 fully saturated rings. The molecule has 0 radical (unpaired) electrons. The van der Waals surface area contributed by atoms with Gasteiger partial charge in [0.15, 0.2) is 0 Å². The second-order valence-corrected chi connectivity index (χ2v) is 7.20. The first kappa shape index (κ1) is 18.4. The van der Waals surface area contributed by atoms with Crippen molar-refractivity contribution in [2.24, 2.45) is 0 Å². The van der Waals surface area contributed by atoms with Crippen LogP contribution in [-0.4, -0.2) is 35.3 Å². The first-order chi connectivity index (χ1) is 12.6. The molecule has 1 unspecified atom stereocenters. The molecule has 140 valence electrons. The summed E-state index contributed by atoms with van der Waals surface area (Å²) in [4.78, 5) is 36.1. The van der Waals surface area contributed by atoms with Gasteiger partial charge in [-0.2, -0.15) is 0 Å². The standard InChI is InChI=1S/C20H26N2O4/c1-14(7-10-19(24)21-13-23)22-12-15-11-17(8-9-18(15)20(22)25)26-16-5-3-2-4-6-16/h8-9,11,13-14,16H,2-7,10,12H2,1H3,(H,21,23,24). The molecule has 1 aromatic rings. The quantitative estimate of drug-likeness (QED) is 0.761. The van der Waals surface area contributed by atoms with Crippen molar-refractivity contribution in [2.45, 2.75) is 70.6 Å². The van der Waals surface area contributed by atoms with E-state index in [0.29, 0.717) is 24.9 Å². The molecular weight excluding hydrogens is 332 g/mol. The van der Waals surface area contributed by atoms with Crippen molar-refractivity contribution in [3.63, 3.8) is 0 Å². The van der Waals surface area contributed by atoms with Gasteiger partial charge in [0.1, 0.15) is 5.75 Å². The molecule has 0 saturated heterocycles. The van der Waals surface area contributed by atoms with Crippen LogP contribution in [0.25, 0.3) is 0 Å². The van der Waals surface area contributed by atoms with Gasteiger partial charge in [-0.15, -0.1) is 0 Å². The number of ether oxygens (including phenoxy) is 1. The van der Waals surface area contributed by atoms with Crippen LogP contribution < -0.4 is 10.1 Å². The van der Waals surface area contributed by atoms with Crippen LogP contribution in [0.3, 0.4) is 0 Å². The van der Waals surface area contributed by atoms with E-state index in [2.05, 4.69) is 5.32 Å². The van der Waals surface area contributed by atoms with Crippen molar-refractivity contribution < 1.29 is 19.1 Å². The predicted octanol–water partition coefficient (Wildman–Crippen LogP) is 2.80. The van der Waals surface area contributed by atoms with E-state index in [1.165, 1.54) is 19.3 Å². The third kappa shape index (κ3) is 4.23. The Hall–Kier alpha value is -2.37. The fraction of sp³-hybridized carbons (Fsp3) is 0.550. The lowest BCUT2D eigenvalue weighted by molar-refractivity contribution is -0.125. The van der Waals surface area contributed by atoms with Crippen molar-refractivity contribution in [1.29, 1.82) is 0 Å². The zero-order chi connectivity index (χ0) is 18.5. The van der Waals surface area contributed by atoms with Crippen LogP contribution in [0.15, 0.2) is 18.2 Å². The summed E-state index contributed by atoms with van der Waals surface area (Å²) in [7, 11) is 0. The summed E-state index contributed by atoms with van der Waals surface area (Å²) in [5.74, 6) is 0.509. The van der Waals surface area contributed by atoms with E-state index in [1.54, 1.807) is 4.90 Å². The number of rotatable bonds is 7. The number of hydrogen-bond donors (Lipinski definition) is 1. The van der Waals surface area contributed by atoms with Crippen molar-refractivity contribution in [2.75, 3.05) is 0 Å². The van der Waals surface area contributed by atoms with E-state index < -0.39 is 0 Å². The maximum atomic E-state index is 12.6. The average Bonchev–Trinajstić information content (AvgIpc) is 2.97. The molecule has 1 aromatic carbocycles. The highest BCUT2D eigenvalue weighted by Crippen LogP contribution is 2.31. The Morgan fingerprint density at radius 2 is 2.12 bits per heavy atom. The number of imide groups is 1. The number of hydrogen-bond acceptors (Lipinski definition) is 4. The van der Waals surface area contributed by atoms with E-state index in [4.69, 9.17) is 4.74 Å². The molecule has 3 rings (SSSR count). The average molecular weight is 358 g/mol. The van der Waals surface area contributed by atoms with Crippen molar-refractivity contribution in [3.8, 4) is 5.75 Å². The molecule has 6 heteroatoms. The van der Waals surface area contributed by atoms with Gasteiger partial charge in [-0.3, -0.25) is 19.7 Å². The minimum atomic E-state index is -0.320. The fourth-order valence-corrected chi connectivity index (χ4v) is 3.76. The molecule has 0 bridgehead atoms. The second-order valence-electron chi connectivity index (χ2n) is 7.20. The molecule has 0 spiro atoms. The molecular formula is C20H26N2O4. The molecule has 1 aliphatic heterocycles. The van der Waals surface area contributed by atoms with Gasteiger partial charge in [0.2, 0.25) is 12.3 Å². The van der Waals surface area contributed by atoms with Gasteiger partial charge >= 0.3 is 0 Å². The minimum absolute atomic E-state index is 0.00693. The molecule has 0 aromatic heterocycles. The van der Waals surface area contributed by atoms with Crippen LogP contribution in [-0.2, 0) is 16.1 Å². The Morgan fingerprint density at radius 3 is 2.85 bits per heavy atom. The van der Waals surface area contributed by atoms with E-state index in [9.17, 15) is 14.4 Å². The SMILES string of the molecule is CC(CCC(=O)NC=O)N1Cc2cc(OC3CCCCC3)ccc2C1=O. The third-order valence-electron chi connectivity index (χ3n) is 5.30. The Balaban J connectivity index is 1.60. The summed E-state index contributed by atoms with van der Waals surface area (Å²) in [6.45, 7) is 2.46. The van der Waals surface area contributed by atoms with Crippen molar-refractivity contribution >= 4 is 18.2 Å². The van der Waals surface area contributed by atoms with E-state index in [1.807, 2.05) is 25.1 Å². The maximum Gasteiger partial charge on any atom is 0.254 e. The predicted molar refractivity (Wildman–Crippen MR) is 96.7 cm³/mol. The van der Waals surface area contributed by atoms with Gasteiger partial charge in [0, 0.05) is 24.6 Å². The second kappa shape index (κ2) is 8.34. The molecule has 1 saturated carbocycles. The van der Waals surface area contributed by atoms with Crippen LogP contribution in [0.4, 0.5) is 0 Å². The lowest BCUT2D eigenvalue weighted by Gasteiger charge is -2.24. The third-order valence-corrected chi connectivity index (χ3v) is 5.30. The highest BCUT2D eigenvalue weighted by Gasteiger charge is 2.31. The number of benzene rings is 1. The fourth-order valence-electron chi connectivity index (χ4n) is 3.76. The number of carbonyl (C=O) groups excluding carboxylic acids is 3. The monoisotopic (exact) mass is 358 g/mol. The highest BCUT2D eigenvalue weighted by atomic mass is 16.5. The molecule has 1 heterocycles. The molecule has 1 atom stereocenters. The number of nitrogens with one attached hydrogen (secondary N) is 1. The van der Waals surface area contributed by atoms with Crippen molar-refractivity contribution in [1.82, 2.24) is 10.2 Å². The Bertz CT molecular complexity index is 682. The highest BCUT2D eigenvalue weighted by molar-refractivity contribution is 5.98. The summed E-state index contributed by atoms with van der Waals surface area (Å²) < 4.78 is 6.10. The smallest absolute Gasteiger partial charge is 0.254 e. The zero-order valence-corrected chi connectivity index (χ0v) is 15.2. The van der Waals surface area contributed by atoms with Crippen molar-refractivity contribution in [3.05, 3.63) is 29.3 Å². The normalized spacial score (nSPS) is 18.3. The molecule has 1 N–H and O–H groups in total. The van der Waals surface area contributed by atoms with Gasteiger partial charge in [-0.25, -0.2) is 0 Å². The van der Waals surface area contributed by atoms with Crippen LogP contribution in [0.1, 0.15) is 67.8 Å². The number of nitrogens with zero attached hydrogens (tertiary/aromatic N) is 1. The van der Waals surface area contributed by atoms with E-state index >= 15 is 0 Å². The largest absolute Gasteiger partial charge is 0.490 e. The Labute approximate surface area is 153 Å². The van der Waals surface area contributed by atoms with Crippen LogP contribution in [0, 0.1) is 0 Å². The van der Waals surface area contributed by atoms with Crippen LogP contribution >= 0.6 is 0 Å². The maximum absolute atomic E-state index is 12.6. The lowest BCUT2D eigenvalue weighted by atomic mass is 9.98. The number of fused-ring (bicyclic) bond motifs is 1. The molecule has 6 nitrogen and oxygen atoms in total. The van der Waals surface area contributed by atoms with Gasteiger partial charge in [-0.05, 0) is 62.8 Å². The molecule has 1 aliphatic carbocycles.